The Labute approximate surface area is 146 Å². The van der Waals surface area contributed by atoms with Gasteiger partial charge in [-0.25, -0.2) is 4.98 Å². The molecule has 136 valence electrons. The topological polar surface area (TPSA) is 158 Å². The van der Waals surface area contributed by atoms with Crippen molar-refractivity contribution in [1.29, 1.82) is 0 Å². The lowest BCUT2D eigenvalue weighted by atomic mass is 9.96. The van der Waals surface area contributed by atoms with E-state index in [4.69, 9.17) is 19.7 Å². The molecule has 25 heavy (non-hydrogen) atoms. The van der Waals surface area contributed by atoms with Gasteiger partial charge < -0.3 is 25.0 Å². The first-order chi connectivity index (χ1) is 11.7. The third kappa shape index (κ3) is 2.61. The second-order valence-corrected chi connectivity index (χ2v) is 8.61. The average molecular weight is 389 g/mol. The van der Waals surface area contributed by atoms with Gasteiger partial charge in [0.2, 0.25) is 5.95 Å². The van der Waals surface area contributed by atoms with E-state index in [1.807, 2.05) is 6.92 Å². The Hall–Kier alpha value is -1.40. The molecule has 0 saturated carbocycles. The van der Waals surface area contributed by atoms with Gasteiger partial charge in [0.25, 0.3) is 5.56 Å². The summed E-state index contributed by atoms with van der Waals surface area (Å²) < 4.78 is 18.7. The zero-order chi connectivity index (χ0) is 18.0. The molecule has 5 N–H and O–H groups in total. The number of nitrogens with one attached hydrogen (secondary N) is 1. The molecular weight excluding hydrogens is 373 g/mol. The van der Waals surface area contributed by atoms with Gasteiger partial charge in [0, 0.05) is 0 Å². The Morgan fingerprint density at radius 3 is 3.08 bits per heavy atom. The molecule has 4 rings (SSSR count). The smallest absolute Gasteiger partial charge is 0.322 e. The number of nitrogen functional groups attached to an aromatic ring is 1. The fourth-order valence-corrected chi connectivity index (χ4v) is 4.27. The van der Waals surface area contributed by atoms with E-state index in [9.17, 15) is 14.6 Å². The first-order valence-corrected chi connectivity index (χ1v) is 10.1. The summed E-state index contributed by atoms with van der Waals surface area (Å²) in [5, 5.41) is 0. The number of fused-ring (bicyclic) bond motifs is 3. The predicted octanol–water partition coefficient (Wildman–Crippen LogP) is -0.628. The summed E-state index contributed by atoms with van der Waals surface area (Å²) in [5.41, 5.74) is 4.61. The highest BCUT2D eigenvalue weighted by Crippen LogP contribution is 2.53. The van der Waals surface area contributed by atoms with Crippen molar-refractivity contribution in [3.8, 4) is 0 Å². The van der Waals surface area contributed by atoms with E-state index in [0.717, 1.165) is 0 Å². The zero-order valence-electron chi connectivity index (χ0n) is 13.0. The van der Waals surface area contributed by atoms with Crippen LogP contribution in [0.4, 0.5) is 5.95 Å². The Morgan fingerprint density at radius 1 is 1.64 bits per heavy atom. The Bertz CT molecular complexity index is 942. The number of anilines is 1. The maximum absolute atomic E-state index is 11.9. The van der Waals surface area contributed by atoms with Crippen molar-refractivity contribution in [2.75, 3.05) is 12.3 Å². The van der Waals surface area contributed by atoms with Crippen LogP contribution in [0.5, 0.6) is 0 Å². The number of H-pyrrole nitrogens is 1. The molecule has 0 aromatic carbocycles. The molecule has 2 saturated heterocycles. The molecule has 2 aliphatic heterocycles. The van der Waals surface area contributed by atoms with E-state index in [0.29, 0.717) is 6.42 Å². The van der Waals surface area contributed by atoms with Crippen molar-refractivity contribution >= 4 is 35.6 Å². The number of aromatic amines is 1. The van der Waals surface area contributed by atoms with E-state index in [1.54, 1.807) is 0 Å². The Kier molecular flexibility index (Phi) is 3.78. The number of ether oxygens (including phenoxy) is 2. The number of hydrogen-bond donors (Lipinski definition) is 4. The molecule has 0 radical (unpaired) electrons. The van der Waals surface area contributed by atoms with Crippen molar-refractivity contribution in [2.24, 2.45) is 0 Å². The van der Waals surface area contributed by atoms with Gasteiger partial charge >= 0.3 is 6.72 Å². The van der Waals surface area contributed by atoms with Gasteiger partial charge in [-0.2, -0.15) is 4.98 Å². The number of imidazole rings is 1. The Morgan fingerprint density at radius 2 is 2.40 bits per heavy atom. The van der Waals surface area contributed by atoms with Gasteiger partial charge in [-0.1, -0.05) is 6.92 Å². The van der Waals surface area contributed by atoms with Crippen LogP contribution >= 0.6 is 6.72 Å². The largest absolute Gasteiger partial charge is 0.369 e. The number of nitrogens with zero attached hydrogens (tertiary/aromatic N) is 3. The van der Waals surface area contributed by atoms with Gasteiger partial charge in [-0.15, -0.1) is 0 Å². The molecule has 2 bridgehead atoms. The van der Waals surface area contributed by atoms with Crippen molar-refractivity contribution in [2.45, 2.75) is 37.4 Å². The number of aromatic nitrogens is 4. The summed E-state index contributed by atoms with van der Waals surface area (Å²) in [6.07, 6.45) is -0.251. The lowest BCUT2D eigenvalue weighted by molar-refractivity contribution is -0.172. The summed E-state index contributed by atoms with van der Waals surface area (Å²) in [5.74, 6) is -0.0532. The van der Waals surface area contributed by atoms with Gasteiger partial charge in [0.1, 0.15) is 17.8 Å². The normalized spacial score (nSPS) is 31.9. The van der Waals surface area contributed by atoms with Crippen LogP contribution in [-0.2, 0) is 25.8 Å². The summed E-state index contributed by atoms with van der Waals surface area (Å²) in [6.45, 7) is -1.81. The van der Waals surface area contributed by atoms with Crippen molar-refractivity contribution in [3.05, 3.63) is 16.7 Å². The molecule has 4 heterocycles. The van der Waals surface area contributed by atoms with E-state index in [1.165, 1.54) is 10.9 Å². The van der Waals surface area contributed by atoms with Crippen LogP contribution in [0.25, 0.3) is 11.2 Å². The first-order valence-electron chi connectivity index (χ1n) is 7.50. The minimum absolute atomic E-state index is 0.0532. The van der Waals surface area contributed by atoms with E-state index < -0.39 is 36.3 Å². The highest BCUT2D eigenvalue weighted by molar-refractivity contribution is 8.06. The van der Waals surface area contributed by atoms with Crippen LogP contribution in [0, 0.1) is 0 Å². The van der Waals surface area contributed by atoms with Crippen LogP contribution in [0.15, 0.2) is 11.1 Å². The molecule has 2 aromatic heterocycles. The molecule has 13 heteroatoms. The van der Waals surface area contributed by atoms with Crippen molar-refractivity contribution in [3.63, 3.8) is 0 Å². The standard InChI is InChI=1S/C12H16N5O6PS/c1-2-12-3-21-6(7(12)23-24(19,20)25)10(22-12)17-4-14-5-8(17)15-11(13)16-9(5)18/h4,6-7,10H,2-3H2,1H3,(H2,19,20,25)(H3,13,15,16,18)/t6?,7?,10-,12+/m1/s1. The highest BCUT2D eigenvalue weighted by Gasteiger charge is 2.63. The predicted molar refractivity (Wildman–Crippen MR) is 89.0 cm³/mol. The monoisotopic (exact) mass is 389 g/mol. The second-order valence-electron chi connectivity index (χ2n) is 5.99. The van der Waals surface area contributed by atoms with E-state index in [2.05, 4.69) is 26.8 Å². The zero-order valence-corrected chi connectivity index (χ0v) is 14.7. The van der Waals surface area contributed by atoms with Gasteiger partial charge in [-0.3, -0.25) is 18.9 Å². The Balaban J connectivity index is 1.78. The molecule has 2 fully saturated rings. The van der Waals surface area contributed by atoms with Gasteiger partial charge in [-0.05, 0) is 18.2 Å². The summed E-state index contributed by atoms with van der Waals surface area (Å²) in [6, 6.07) is 0. The van der Waals surface area contributed by atoms with E-state index in [-0.39, 0.29) is 23.7 Å². The molecule has 0 aliphatic carbocycles. The van der Waals surface area contributed by atoms with Crippen LogP contribution in [0.3, 0.4) is 0 Å². The average Bonchev–Trinajstić information content (AvgIpc) is 3.16. The lowest BCUT2D eigenvalue weighted by Gasteiger charge is -2.30. The molecule has 2 aromatic rings. The highest BCUT2D eigenvalue weighted by atomic mass is 32.5. The summed E-state index contributed by atoms with van der Waals surface area (Å²) in [7, 11) is 0. The van der Waals surface area contributed by atoms with Crippen LogP contribution in [0.2, 0.25) is 0 Å². The minimum Gasteiger partial charge on any atom is -0.369 e. The molecule has 11 nitrogen and oxygen atoms in total. The van der Waals surface area contributed by atoms with Crippen LogP contribution in [-0.4, -0.2) is 53.7 Å². The summed E-state index contributed by atoms with van der Waals surface area (Å²) >= 11 is 4.60. The molecule has 0 spiro atoms. The summed E-state index contributed by atoms with van der Waals surface area (Å²) in [4.78, 5) is 41.6. The first kappa shape index (κ1) is 17.0. The SMILES string of the molecule is CC[C@]12COC(C1OP(O)(O)=S)[C@H](n1cnc3c(=O)[nH]c(N)nc31)O2. The fourth-order valence-electron chi connectivity index (χ4n) is 3.38. The van der Waals surface area contributed by atoms with Crippen molar-refractivity contribution < 1.29 is 23.8 Å². The quantitative estimate of drug-likeness (QED) is 0.496. The van der Waals surface area contributed by atoms with E-state index >= 15 is 0 Å². The lowest BCUT2D eigenvalue weighted by Crippen LogP contribution is -2.40. The van der Waals surface area contributed by atoms with Crippen LogP contribution in [0.1, 0.15) is 19.6 Å². The fraction of sp³-hybridized carbons (Fsp3) is 0.583. The van der Waals surface area contributed by atoms with Crippen LogP contribution < -0.4 is 11.3 Å². The molecule has 2 aliphatic rings. The number of nitrogens with two attached hydrogens (primary N) is 1. The molecule has 2 unspecified atom stereocenters. The van der Waals surface area contributed by atoms with Gasteiger partial charge in [0.05, 0.1) is 12.9 Å². The number of hydrogen-bond acceptors (Lipinski definition) is 8. The molecular formula is C12H16N5O6PS. The molecule has 4 atom stereocenters. The maximum atomic E-state index is 11.9. The van der Waals surface area contributed by atoms with Gasteiger partial charge in [0.15, 0.2) is 17.4 Å². The molecule has 0 amide bonds. The third-order valence-corrected chi connectivity index (χ3v) is 5.31. The maximum Gasteiger partial charge on any atom is 0.322 e. The second kappa shape index (κ2) is 5.55. The van der Waals surface area contributed by atoms with Crippen molar-refractivity contribution in [1.82, 2.24) is 19.5 Å². The minimum atomic E-state index is -3.91. The number of rotatable bonds is 4. The third-order valence-electron chi connectivity index (χ3n) is 4.55.